The first kappa shape index (κ1) is 15.0. The van der Waals surface area contributed by atoms with Crippen LogP contribution >= 0.6 is 27.3 Å². The molecule has 0 saturated heterocycles. The van der Waals surface area contributed by atoms with E-state index in [0.717, 1.165) is 35.9 Å². The molecule has 0 spiro atoms. The van der Waals surface area contributed by atoms with Gasteiger partial charge in [0.2, 0.25) is 5.91 Å². The fourth-order valence-corrected chi connectivity index (χ4v) is 4.21. The fraction of sp³-hybridized carbons (Fsp3) is 0.643. The van der Waals surface area contributed by atoms with Crippen molar-refractivity contribution < 1.29 is 4.79 Å². The minimum Gasteiger partial charge on any atom is -0.355 e. The maximum absolute atomic E-state index is 12.3. The average Bonchev–Trinajstić information content (AvgIpc) is 2.85. The number of nitrogens with one attached hydrogen (secondary N) is 1. The van der Waals surface area contributed by atoms with Gasteiger partial charge in [0.25, 0.3) is 0 Å². The summed E-state index contributed by atoms with van der Waals surface area (Å²) in [6.07, 6.45) is 6.27. The second-order valence-corrected chi connectivity index (χ2v) is 7.80. The van der Waals surface area contributed by atoms with Gasteiger partial charge in [-0.25, -0.2) is 0 Å². The van der Waals surface area contributed by atoms with Gasteiger partial charge < -0.3 is 11.1 Å². The van der Waals surface area contributed by atoms with Crippen LogP contribution in [-0.2, 0) is 11.2 Å². The standard InChI is InChI=1S/C14H21BrN2OS/c15-12-5-4-11(19-12)6-9-17-13(18)14(10-16)7-2-1-3-8-14/h4-5H,1-3,6-10,16H2,(H,17,18). The highest BCUT2D eigenvalue weighted by Gasteiger charge is 2.37. The van der Waals surface area contributed by atoms with E-state index in [1.54, 1.807) is 11.3 Å². The second kappa shape index (κ2) is 6.86. The van der Waals surface area contributed by atoms with Crippen molar-refractivity contribution >= 4 is 33.2 Å². The van der Waals surface area contributed by atoms with Crippen molar-refractivity contribution in [3.63, 3.8) is 0 Å². The third-order valence-corrected chi connectivity index (χ3v) is 5.65. The Balaban J connectivity index is 1.82. The molecule has 0 aromatic carbocycles. The number of carbonyl (C=O) groups is 1. The lowest BCUT2D eigenvalue weighted by molar-refractivity contribution is -0.132. The van der Waals surface area contributed by atoms with Crippen molar-refractivity contribution in [1.82, 2.24) is 5.32 Å². The van der Waals surface area contributed by atoms with E-state index in [9.17, 15) is 4.79 Å². The third kappa shape index (κ3) is 3.80. The summed E-state index contributed by atoms with van der Waals surface area (Å²) in [5, 5.41) is 3.07. The minimum atomic E-state index is -0.297. The van der Waals surface area contributed by atoms with Crippen molar-refractivity contribution in [2.45, 2.75) is 38.5 Å². The molecule has 3 nitrogen and oxygen atoms in total. The van der Waals surface area contributed by atoms with E-state index in [1.807, 2.05) is 6.07 Å². The Kier molecular flexibility index (Phi) is 5.42. The predicted octanol–water partition coefficient (Wildman–Crippen LogP) is 3.08. The van der Waals surface area contributed by atoms with Crippen LogP contribution in [0.15, 0.2) is 15.9 Å². The van der Waals surface area contributed by atoms with Gasteiger partial charge in [0, 0.05) is 18.0 Å². The maximum Gasteiger partial charge on any atom is 0.227 e. The lowest BCUT2D eigenvalue weighted by atomic mass is 9.73. The van der Waals surface area contributed by atoms with Crippen LogP contribution in [0.25, 0.3) is 0 Å². The van der Waals surface area contributed by atoms with Gasteiger partial charge in [-0.3, -0.25) is 4.79 Å². The molecular formula is C14H21BrN2OS. The summed E-state index contributed by atoms with van der Waals surface area (Å²) >= 11 is 5.17. The van der Waals surface area contributed by atoms with Gasteiger partial charge in [-0.2, -0.15) is 0 Å². The normalized spacial score (nSPS) is 18.2. The van der Waals surface area contributed by atoms with Crippen LogP contribution in [0, 0.1) is 5.41 Å². The van der Waals surface area contributed by atoms with E-state index in [2.05, 4.69) is 27.3 Å². The van der Waals surface area contributed by atoms with Crippen LogP contribution < -0.4 is 11.1 Å². The van der Waals surface area contributed by atoms with Crippen molar-refractivity contribution in [2.24, 2.45) is 11.1 Å². The van der Waals surface area contributed by atoms with Crippen LogP contribution in [0.3, 0.4) is 0 Å². The molecule has 106 valence electrons. The molecular weight excluding hydrogens is 324 g/mol. The summed E-state index contributed by atoms with van der Waals surface area (Å²) in [5.74, 6) is 0.158. The molecule has 1 aromatic heterocycles. The molecule has 1 fully saturated rings. The summed E-state index contributed by atoms with van der Waals surface area (Å²) in [6, 6.07) is 4.14. The van der Waals surface area contributed by atoms with E-state index < -0.39 is 0 Å². The van der Waals surface area contributed by atoms with Gasteiger partial charge in [0.05, 0.1) is 9.20 Å². The molecule has 1 aliphatic carbocycles. The molecule has 0 aliphatic heterocycles. The lowest BCUT2D eigenvalue weighted by Gasteiger charge is -2.34. The van der Waals surface area contributed by atoms with Crippen LogP contribution in [0.4, 0.5) is 0 Å². The Morgan fingerprint density at radius 1 is 1.37 bits per heavy atom. The van der Waals surface area contributed by atoms with Gasteiger partial charge in [0.1, 0.15) is 0 Å². The molecule has 1 saturated carbocycles. The first-order valence-corrected chi connectivity index (χ1v) is 8.50. The Hall–Kier alpha value is -0.390. The number of thiophene rings is 1. The minimum absolute atomic E-state index is 0.158. The molecule has 1 heterocycles. The van der Waals surface area contributed by atoms with Crippen LogP contribution in [0.2, 0.25) is 0 Å². The van der Waals surface area contributed by atoms with E-state index >= 15 is 0 Å². The SMILES string of the molecule is NCC1(C(=O)NCCc2ccc(Br)s2)CCCCC1. The van der Waals surface area contributed by atoms with E-state index in [-0.39, 0.29) is 11.3 Å². The third-order valence-electron chi connectivity index (χ3n) is 3.97. The summed E-state index contributed by atoms with van der Waals surface area (Å²) < 4.78 is 1.14. The number of hydrogen-bond acceptors (Lipinski definition) is 3. The van der Waals surface area contributed by atoms with Gasteiger partial charge in [-0.15, -0.1) is 11.3 Å². The number of amides is 1. The Morgan fingerprint density at radius 3 is 2.68 bits per heavy atom. The van der Waals surface area contributed by atoms with E-state index in [0.29, 0.717) is 13.1 Å². The molecule has 5 heteroatoms. The number of halogens is 1. The zero-order chi connectivity index (χ0) is 13.7. The molecule has 19 heavy (non-hydrogen) atoms. The quantitative estimate of drug-likeness (QED) is 0.862. The van der Waals surface area contributed by atoms with Crippen LogP contribution in [0.1, 0.15) is 37.0 Å². The molecule has 0 atom stereocenters. The number of hydrogen-bond donors (Lipinski definition) is 2. The lowest BCUT2D eigenvalue weighted by Crippen LogP contribution is -2.47. The van der Waals surface area contributed by atoms with Gasteiger partial charge in [-0.1, -0.05) is 19.3 Å². The summed E-state index contributed by atoms with van der Waals surface area (Å²) in [6.45, 7) is 1.18. The van der Waals surface area contributed by atoms with E-state index in [4.69, 9.17) is 5.73 Å². The monoisotopic (exact) mass is 344 g/mol. The zero-order valence-corrected chi connectivity index (χ0v) is 13.5. The van der Waals surface area contributed by atoms with Crippen molar-refractivity contribution in [2.75, 3.05) is 13.1 Å². The average molecular weight is 345 g/mol. The Bertz CT molecular complexity index is 427. The smallest absolute Gasteiger partial charge is 0.227 e. The number of nitrogens with two attached hydrogens (primary N) is 1. The molecule has 0 unspecified atom stereocenters. The van der Waals surface area contributed by atoms with Crippen molar-refractivity contribution in [3.8, 4) is 0 Å². The first-order valence-electron chi connectivity index (χ1n) is 6.89. The van der Waals surface area contributed by atoms with Crippen molar-refractivity contribution in [1.29, 1.82) is 0 Å². The highest BCUT2D eigenvalue weighted by atomic mass is 79.9. The summed E-state index contributed by atoms with van der Waals surface area (Å²) in [4.78, 5) is 13.6. The maximum atomic E-state index is 12.3. The molecule has 0 radical (unpaired) electrons. The van der Waals surface area contributed by atoms with Gasteiger partial charge in [-0.05, 0) is 47.3 Å². The highest BCUT2D eigenvalue weighted by molar-refractivity contribution is 9.11. The molecule has 2 rings (SSSR count). The molecule has 0 bridgehead atoms. The first-order chi connectivity index (χ1) is 9.16. The highest BCUT2D eigenvalue weighted by Crippen LogP contribution is 2.35. The van der Waals surface area contributed by atoms with Crippen LogP contribution in [-0.4, -0.2) is 19.0 Å². The second-order valence-electron chi connectivity index (χ2n) is 5.26. The molecule has 1 aromatic rings. The Labute approximate surface area is 127 Å². The van der Waals surface area contributed by atoms with E-state index in [1.165, 1.54) is 11.3 Å². The summed E-state index contributed by atoms with van der Waals surface area (Å²) in [5.41, 5.74) is 5.56. The number of carbonyl (C=O) groups excluding carboxylic acids is 1. The van der Waals surface area contributed by atoms with Crippen LogP contribution in [0.5, 0.6) is 0 Å². The topological polar surface area (TPSA) is 55.1 Å². The summed E-state index contributed by atoms with van der Waals surface area (Å²) in [7, 11) is 0. The van der Waals surface area contributed by atoms with Gasteiger partial charge in [0.15, 0.2) is 0 Å². The largest absolute Gasteiger partial charge is 0.355 e. The molecule has 1 aliphatic rings. The zero-order valence-electron chi connectivity index (χ0n) is 11.1. The molecule has 1 amide bonds. The predicted molar refractivity (Wildman–Crippen MR) is 83.3 cm³/mol. The number of rotatable bonds is 5. The Morgan fingerprint density at radius 2 is 2.11 bits per heavy atom. The van der Waals surface area contributed by atoms with Crippen molar-refractivity contribution in [3.05, 3.63) is 20.8 Å². The van der Waals surface area contributed by atoms with Gasteiger partial charge >= 0.3 is 0 Å². The molecule has 3 N–H and O–H groups in total. The fourth-order valence-electron chi connectivity index (χ4n) is 2.73.